The topological polar surface area (TPSA) is 173 Å². The van der Waals surface area contributed by atoms with Gasteiger partial charge in [-0.05, 0) is 111 Å². The number of aromatic nitrogens is 2. The third-order valence-corrected chi connectivity index (χ3v) is 11.6. The van der Waals surface area contributed by atoms with E-state index in [1.54, 1.807) is 122 Å². The summed E-state index contributed by atoms with van der Waals surface area (Å²) in [6, 6.07) is 40.7. The molecular weight excluding hydrogens is 930 g/mol. The number of hydrogen-bond acceptors (Lipinski definition) is 7. The van der Waals surface area contributed by atoms with Crippen molar-refractivity contribution in [2.24, 2.45) is 0 Å². The Bertz CT molecular complexity index is 2630. The lowest BCUT2D eigenvalue weighted by Gasteiger charge is -2.32. The van der Waals surface area contributed by atoms with Crippen LogP contribution < -0.4 is 5.32 Å². The number of nitrogens with one attached hydrogen (secondary N) is 2. The number of halogens is 3. The zero-order valence-corrected chi connectivity index (χ0v) is 35.6. The molecule has 306 valence electrons. The first kappa shape index (κ1) is 42.9. The van der Waals surface area contributed by atoms with E-state index in [1.807, 2.05) is 24.3 Å². The molecule has 0 aliphatic carbocycles. The number of H-pyrrole nitrogens is 1. The minimum atomic E-state index is -1.59. The van der Waals surface area contributed by atoms with Crippen molar-refractivity contribution in [3.8, 4) is 11.1 Å². The minimum Gasteiger partial charge on any atom is -0.478 e. The van der Waals surface area contributed by atoms with Crippen LogP contribution in [0, 0.1) is 3.57 Å². The van der Waals surface area contributed by atoms with Gasteiger partial charge in [-0.1, -0.05) is 108 Å². The number of carboxylic acid groups (broad SMARTS) is 1. The van der Waals surface area contributed by atoms with E-state index in [1.165, 1.54) is 12.1 Å². The Labute approximate surface area is 373 Å². The van der Waals surface area contributed by atoms with Crippen LogP contribution in [0.4, 0.5) is 0 Å². The fraction of sp³-hybridized carbons (Fsp3) is 0.0851. The SMILES string of the molecule is O=C(O)c1ccccc1C(=O)NCC(O)(c1ccc(Cl)cc1)c1ccc(-c2cn[nH]c2)cc1.O=C1c2ccccc2C(=O)N1CC(O)(c1ccc(Cl)cc1)c1ccc(I)cc1. The summed E-state index contributed by atoms with van der Waals surface area (Å²) in [7, 11) is 0. The van der Waals surface area contributed by atoms with Gasteiger partial charge in [0.05, 0.1) is 41.5 Å². The van der Waals surface area contributed by atoms with Crippen LogP contribution in [0.5, 0.6) is 0 Å². The molecule has 0 saturated heterocycles. The van der Waals surface area contributed by atoms with E-state index in [0.29, 0.717) is 43.4 Å². The third-order valence-electron chi connectivity index (χ3n) is 10.3. The molecule has 0 radical (unpaired) electrons. The second-order valence-corrected chi connectivity index (χ2v) is 16.2. The van der Waals surface area contributed by atoms with Crippen LogP contribution in [0.3, 0.4) is 0 Å². The number of β-amino-alcohol motifs (C(OH)–C–C–N with tert-alkyl or cyclic N) is 1. The molecule has 6 aromatic carbocycles. The van der Waals surface area contributed by atoms with Crippen molar-refractivity contribution in [1.29, 1.82) is 0 Å². The molecule has 0 spiro atoms. The molecule has 2 atom stereocenters. The average molecular weight is 966 g/mol. The van der Waals surface area contributed by atoms with E-state index in [4.69, 9.17) is 23.2 Å². The first-order valence-corrected chi connectivity index (χ1v) is 20.5. The summed E-state index contributed by atoms with van der Waals surface area (Å²) in [5.74, 6) is -2.61. The number of amides is 3. The lowest BCUT2D eigenvalue weighted by Crippen LogP contribution is -2.44. The summed E-state index contributed by atoms with van der Waals surface area (Å²) in [4.78, 5) is 51.1. The molecular formula is C47H35Cl2IN4O7. The summed E-state index contributed by atoms with van der Waals surface area (Å²) >= 11 is 14.2. The number of aromatic amines is 1. The highest BCUT2D eigenvalue weighted by Gasteiger charge is 2.43. The molecule has 1 aliphatic rings. The normalized spacial score (nSPS) is 14.0. The molecule has 3 amide bonds. The Morgan fingerprint density at radius 1 is 0.639 bits per heavy atom. The van der Waals surface area contributed by atoms with Crippen molar-refractivity contribution in [1.82, 2.24) is 20.4 Å². The van der Waals surface area contributed by atoms with Gasteiger partial charge in [0.25, 0.3) is 17.7 Å². The molecule has 7 aromatic rings. The van der Waals surface area contributed by atoms with E-state index < -0.39 is 34.9 Å². The zero-order valence-electron chi connectivity index (χ0n) is 31.9. The quantitative estimate of drug-likeness (QED) is 0.0634. The summed E-state index contributed by atoms with van der Waals surface area (Å²) in [6.07, 6.45) is 3.46. The van der Waals surface area contributed by atoms with Crippen molar-refractivity contribution in [2.45, 2.75) is 11.2 Å². The van der Waals surface area contributed by atoms with Gasteiger partial charge < -0.3 is 20.6 Å². The minimum absolute atomic E-state index is 0.0127. The molecule has 2 unspecified atom stereocenters. The van der Waals surface area contributed by atoms with Crippen molar-refractivity contribution in [3.05, 3.63) is 216 Å². The summed E-state index contributed by atoms with van der Waals surface area (Å²) in [5.41, 5.74) is 1.46. The second-order valence-electron chi connectivity index (χ2n) is 14.1. The van der Waals surface area contributed by atoms with Crippen LogP contribution in [0.2, 0.25) is 10.0 Å². The lowest BCUT2D eigenvalue weighted by molar-refractivity contribution is 0.0295. The molecule has 14 heteroatoms. The average Bonchev–Trinajstić information content (AvgIpc) is 3.90. The first-order chi connectivity index (χ1) is 29.3. The molecule has 1 aliphatic heterocycles. The van der Waals surface area contributed by atoms with Gasteiger partial charge >= 0.3 is 5.97 Å². The van der Waals surface area contributed by atoms with Gasteiger partial charge in [-0.2, -0.15) is 5.10 Å². The number of benzene rings is 6. The second kappa shape index (κ2) is 18.2. The Kier molecular flexibility index (Phi) is 12.8. The highest BCUT2D eigenvalue weighted by atomic mass is 127. The van der Waals surface area contributed by atoms with Crippen LogP contribution in [0.15, 0.2) is 158 Å². The number of aromatic carboxylic acids is 1. The fourth-order valence-corrected chi connectivity index (χ4v) is 7.64. The summed E-state index contributed by atoms with van der Waals surface area (Å²) in [6.45, 7) is -0.381. The smallest absolute Gasteiger partial charge is 0.336 e. The van der Waals surface area contributed by atoms with E-state index in [-0.39, 0.29) is 24.2 Å². The maximum absolute atomic E-state index is 12.8. The van der Waals surface area contributed by atoms with Crippen LogP contribution in [-0.4, -0.2) is 67.2 Å². The molecule has 0 saturated carbocycles. The maximum atomic E-state index is 12.8. The highest BCUT2D eigenvalue weighted by Crippen LogP contribution is 2.35. The molecule has 5 N–H and O–H groups in total. The van der Waals surface area contributed by atoms with Gasteiger partial charge in [0, 0.05) is 25.4 Å². The highest BCUT2D eigenvalue weighted by molar-refractivity contribution is 14.1. The Morgan fingerprint density at radius 3 is 1.59 bits per heavy atom. The fourth-order valence-electron chi connectivity index (χ4n) is 7.03. The first-order valence-electron chi connectivity index (χ1n) is 18.7. The summed E-state index contributed by atoms with van der Waals surface area (Å²) < 4.78 is 1.01. The largest absolute Gasteiger partial charge is 0.478 e. The lowest BCUT2D eigenvalue weighted by atomic mass is 9.85. The number of carbonyl (C=O) groups is 4. The number of fused-ring (bicyclic) bond motifs is 1. The van der Waals surface area contributed by atoms with Gasteiger partial charge in [-0.15, -0.1) is 0 Å². The van der Waals surface area contributed by atoms with Gasteiger partial charge in [0.15, 0.2) is 0 Å². The molecule has 11 nitrogen and oxygen atoms in total. The van der Waals surface area contributed by atoms with Gasteiger partial charge in [-0.3, -0.25) is 24.4 Å². The number of aliphatic hydroxyl groups is 2. The number of hydrogen-bond donors (Lipinski definition) is 5. The van der Waals surface area contributed by atoms with Gasteiger partial charge in [0.1, 0.15) is 11.2 Å². The van der Waals surface area contributed by atoms with Gasteiger partial charge in [-0.25, -0.2) is 4.79 Å². The Hall–Kier alpha value is -6.16. The van der Waals surface area contributed by atoms with Crippen LogP contribution >= 0.6 is 45.8 Å². The predicted octanol–water partition coefficient (Wildman–Crippen LogP) is 8.57. The standard InChI is InChI=1S/C25H20ClN3O4.C22H15ClINO3/c26-20-11-9-19(10-12-20)25(33,18-7-5-16(6-8-18)17-13-28-29-14-17)15-27-23(30)21-3-1-2-4-22(21)24(31)32;23-16-9-5-14(6-10-16)22(28,15-7-11-17(24)12-8-15)13-25-20(26)18-3-1-2-4-19(18)21(25)27/h1-14,33H,15H2,(H,27,30)(H,28,29)(H,31,32);1-12,28H,13H2. The van der Waals surface area contributed by atoms with E-state index in [2.05, 4.69) is 38.1 Å². The van der Waals surface area contributed by atoms with E-state index >= 15 is 0 Å². The molecule has 0 fully saturated rings. The van der Waals surface area contributed by atoms with Crippen molar-refractivity contribution in [3.63, 3.8) is 0 Å². The maximum Gasteiger partial charge on any atom is 0.336 e. The number of rotatable bonds is 11. The van der Waals surface area contributed by atoms with Crippen molar-refractivity contribution < 1.29 is 34.5 Å². The Balaban J connectivity index is 0.000000186. The molecule has 0 bridgehead atoms. The molecule has 61 heavy (non-hydrogen) atoms. The van der Waals surface area contributed by atoms with Gasteiger partial charge in [0.2, 0.25) is 0 Å². The molecule has 8 rings (SSSR count). The molecule has 1 aromatic heterocycles. The third kappa shape index (κ3) is 9.14. The Morgan fingerprint density at radius 2 is 1.10 bits per heavy atom. The van der Waals surface area contributed by atoms with E-state index in [0.717, 1.165) is 19.6 Å². The number of imide groups is 1. The van der Waals surface area contributed by atoms with Crippen molar-refractivity contribution in [2.75, 3.05) is 13.1 Å². The van der Waals surface area contributed by atoms with Crippen molar-refractivity contribution >= 4 is 69.5 Å². The van der Waals surface area contributed by atoms with E-state index in [9.17, 15) is 34.5 Å². The van der Waals surface area contributed by atoms with Crippen LogP contribution in [0.25, 0.3) is 11.1 Å². The number of carbonyl (C=O) groups excluding carboxylic acids is 3. The van der Waals surface area contributed by atoms with Crippen LogP contribution in [-0.2, 0) is 11.2 Å². The zero-order chi connectivity index (χ0) is 43.3. The summed E-state index contributed by atoms with van der Waals surface area (Å²) in [5, 5.41) is 43.3. The molecule has 2 heterocycles. The number of nitrogens with zero attached hydrogens (tertiary/aromatic N) is 2. The predicted molar refractivity (Wildman–Crippen MR) is 240 cm³/mol. The van der Waals surface area contributed by atoms with Crippen LogP contribution in [0.1, 0.15) is 63.7 Å². The monoisotopic (exact) mass is 964 g/mol. The number of carboxylic acids is 1.